The summed E-state index contributed by atoms with van der Waals surface area (Å²) in [6.45, 7) is 1.95. The third kappa shape index (κ3) is 4.00. The maximum atomic E-state index is 12.4. The van der Waals surface area contributed by atoms with Crippen LogP contribution in [0.4, 0.5) is 16.2 Å². The minimum atomic E-state index is -2.92. The average Bonchev–Trinajstić information content (AvgIpc) is 2.41. The summed E-state index contributed by atoms with van der Waals surface area (Å²) < 4.78 is 14.8. The normalized spacial score (nSPS) is 13.2. The molecule has 4 N–H and O–H groups in total. The number of carbonyl (C=O) groups is 1. The summed E-state index contributed by atoms with van der Waals surface area (Å²) in [5, 5.41) is 2.61. The Hall–Kier alpha value is -2.47. The van der Waals surface area contributed by atoms with Gasteiger partial charge in [0.25, 0.3) is 0 Å². The molecule has 0 heterocycles. The van der Waals surface area contributed by atoms with Gasteiger partial charge in [0, 0.05) is 16.3 Å². The predicted octanol–water partition coefficient (Wildman–Crippen LogP) is 2.39. The van der Waals surface area contributed by atoms with Crippen LogP contribution in [0.5, 0.6) is 0 Å². The minimum absolute atomic E-state index is 0.413. The second kappa shape index (κ2) is 5.88. The molecule has 0 bridgehead atoms. The second-order valence-electron chi connectivity index (χ2n) is 4.67. The second-order valence-corrected chi connectivity index (χ2v) is 6.69. The summed E-state index contributed by atoms with van der Waals surface area (Å²) in [6, 6.07) is 13.1. The van der Waals surface area contributed by atoms with E-state index in [2.05, 4.69) is 15.9 Å². The van der Waals surface area contributed by atoms with Gasteiger partial charge in [-0.3, -0.25) is 4.72 Å². The standard InChI is InChI=1S/C15H17N3O2S/c1-11-3-7-13(8-4-11)17-15(19)18-21(2,20)14-9-5-12(16)6-10-14/h3-10H,2,16H2,1H3,(H2,17,18,19,20). The van der Waals surface area contributed by atoms with Gasteiger partial charge >= 0.3 is 6.03 Å². The monoisotopic (exact) mass is 303 g/mol. The molecular weight excluding hydrogens is 286 g/mol. The number of nitrogen functional groups attached to an aromatic ring is 1. The van der Waals surface area contributed by atoms with Crippen molar-refractivity contribution in [1.29, 1.82) is 0 Å². The van der Waals surface area contributed by atoms with Crippen LogP contribution in [0.15, 0.2) is 53.4 Å². The third-order valence-electron chi connectivity index (χ3n) is 2.83. The van der Waals surface area contributed by atoms with Gasteiger partial charge in [0.15, 0.2) is 0 Å². The van der Waals surface area contributed by atoms with Crippen LogP contribution in [-0.4, -0.2) is 16.1 Å². The number of hydrogen-bond acceptors (Lipinski definition) is 3. The predicted molar refractivity (Wildman–Crippen MR) is 87.7 cm³/mol. The lowest BCUT2D eigenvalue weighted by molar-refractivity contribution is 0.257. The maximum Gasteiger partial charge on any atom is 0.330 e. The van der Waals surface area contributed by atoms with Crippen molar-refractivity contribution in [2.45, 2.75) is 11.8 Å². The molecule has 2 rings (SSSR count). The Balaban J connectivity index is 2.07. The molecule has 2 amide bonds. The molecule has 0 radical (unpaired) electrons. The van der Waals surface area contributed by atoms with E-state index in [-0.39, 0.29) is 0 Å². The van der Waals surface area contributed by atoms with Gasteiger partial charge in [0.1, 0.15) is 0 Å². The van der Waals surface area contributed by atoms with E-state index in [4.69, 9.17) is 5.73 Å². The van der Waals surface area contributed by atoms with Crippen LogP contribution < -0.4 is 15.8 Å². The van der Waals surface area contributed by atoms with E-state index < -0.39 is 15.7 Å². The molecule has 0 aliphatic carbocycles. The molecule has 0 aromatic heterocycles. The van der Waals surface area contributed by atoms with Crippen LogP contribution in [-0.2, 0) is 9.71 Å². The number of hydrogen-bond donors (Lipinski definition) is 3. The van der Waals surface area contributed by atoms with E-state index in [1.165, 1.54) is 0 Å². The molecule has 1 unspecified atom stereocenters. The number of benzene rings is 2. The first-order valence-corrected chi connectivity index (χ1v) is 7.98. The smallest absolute Gasteiger partial charge is 0.330 e. The highest BCUT2D eigenvalue weighted by atomic mass is 32.2. The molecule has 6 heteroatoms. The molecule has 0 fully saturated rings. The number of nitrogens with two attached hydrogens (primary N) is 1. The van der Waals surface area contributed by atoms with Gasteiger partial charge < -0.3 is 11.1 Å². The Morgan fingerprint density at radius 2 is 1.67 bits per heavy atom. The Kier molecular flexibility index (Phi) is 4.18. The number of amides is 2. The zero-order chi connectivity index (χ0) is 15.5. The highest BCUT2D eigenvalue weighted by molar-refractivity contribution is 7.99. The first-order chi connectivity index (χ1) is 9.87. The van der Waals surface area contributed by atoms with Crippen molar-refractivity contribution >= 4 is 33.0 Å². The molecule has 2 aromatic carbocycles. The molecule has 5 nitrogen and oxygen atoms in total. The van der Waals surface area contributed by atoms with Gasteiger partial charge in [-0.25, -0.2) is 9.00 Å². The van der Waals surface area contributed by atoms with Crippen molar-refractivity contribution in [3.8, 4) is 0 Å². The number of carbonyl (C=O) groups excluding carboxylic acids is 1. The molecular formula is C15H17N3O2S. The van der Waals surface area contributed by atoms with Crippen molar-refractivity contribution in [2.24, 2.45) is 0 Å². The summed E-state index contributed by atoms with van der Waals surface area (Å²) in [5.41, 5.74) is 7.83. The van der Waals surface area contributed by atoms with E-state index >= 15 is 0 Å². The Labute approximate surface area is 124 Å². The van der Waals surface area contributed by atoms with E-state index in [1.54, 1.807) is 36.4 Å². The molecule has 0 saturated heterocycles. The molecule has 0 aliphatic heterocycles. The Bertz CT molecular complexity index is 735. The minimum Gasteiger partial charge on any atom is -0.399 e. The van der Waals surface area contributed by atoms with Gasteiger partial charge in [0.2, 0.25) is 0 Å². The number of aryl methyl sites for hydroxylation is 1. The van der Waals surface area contributed by atoms with Gasteiger partial charge in [-0.15, -0.1) is 0 Å². The van der Waals surface area contributed by atoms with Crippen LogP contribution in [0.25, 0.3) is 0 Å². The third-order valence-corrected chi connectivity index (χ3v) is 4.38. The van der Waals surface area contributed by atoms with Gasteiger partial charge in [0.05, 0.1) is 9.71 Å². The van der Waals surface area contributed by atoms with Crippen LogP contribution in [0.2, 0.25) is 0 Å². The van der Waals surface area contributed by atoms with Crippen molar-refractivity contribution in [2.75, 3.05) is 11.1 Å². The zero-order valence-corrected chi connectivity index (χ0v) is 12.4. The topological polar surface area (TPSA) is 84.2 Å². The number of nitrogens with one attached hydrogen (secondary N) is 2. The zero-order valence-electron chi connectivity index (χ0n) is 11.6. The van der Waals surface area contributed by atoms with Crippen molar-refractivity contribution in [3.63, 3.8) is 0 Å². The maximum absolute atomic E-state index is 12.4. The molecule has 1 atom stereocenters. The molecule has 0 aliphatic rings. The fourth-order valence-electron chi connectivity index (χ4n) is 1.69. The lowest BCUT2D eigenvalue weighted by atomic mass is 10.2. The highest BCUT2D eigenvalue weighted by Crippen LogP contribution is 2.12. The van der Waals surface area contributed by atoms with E-state index in [9.17, 15) is 9.00 Å². The fraction of sp³-hybridized carbons (Fsp3) is 0.0667. The highest BCUT2D eigenvalue weighted by Gasteiger charge is 2.11. The summed E-state index contributed by atoms with van der Waals surface area (Å²) in [6.07, 6.45) is 0. The van der Waals surface area contributed by atoms with Crippen LogP contribution >= 0.6 is 0 Å². The Morgan fingerprint density at radius 1 is 1.10 bits per heavy atom. The summed E-state index contributed by atoms with van der Waals surface area (Å²) in [5.74, 6) is 3.58. The van der Waals surface area contributed by atoms with Crippen molar-refractivity contribution in [3.05, 3.63) is 54.1 Å². The average molecular weight is 303 g/mol. The summed E-state index contributed by atoms with van der Waals surface area (Å²) in [4.78, 5) is 12.3. The van der Waals surface area contributed by atoms with E-state index in [1.807, 2.05) is 19.1 Å². The molecule has 2 aromatic rings. The van der Waals surface area contributed by atoms with E-state index in [0.717, 1.165) is 5.56 Å². The Morgan fingerprint density at radius 3 is 2.24 bits per heavy atom. The van der Waals surface area contributed by atoms with E-state index in [0.29, 0.717) is 16.3 Å². The summed E-state index contributed by atoms with van der Waals surface area (Å²) in [7, 11) is -2.92. The molecule has 110 valence electrons. The fourth-order valence-corrected chi connectivity index (χ4v) is 2.73. The van der Waals surface area contributed by atoms with Gasteiger partial charge in [-0.05, 0) is 49.2 Å². The quantitative estimate of drug-likeness (QED) is 0.601. The molecule has 0 saturated carbocycles. The lowest BCUT2D eigenvalue weighted by Crippen LogP contribution is -2.34. The van der Waals surface area contributed by atoms with Gasteiger partial charge in [-0.2, -0.15) is 0 Å². The van der Waals surface area contributed by atoms with Crippen LogP contribution in [0.3, 0.4) is 0 Å². The van der Waals surface area contributed by atoms with Crippen molar-refractivity contribution < 1.29 is 9.00 Å². The van der Waals surface area contributed by atoms with Crippen LogP contribution in [0, 0.1) is 6.92 Å². The molecule has 21 heavy (non-hydrogen) atoms. The number of rotatable bonds is 3. The van der Waals surface area contributed by atoms with Gasteiger partial charge in [-0.1, -0.05) is 17.7 Å². The number of anilines is 2. The molecule has 0 spiro atoms. The van der Waals surface area contributed by atoms with Crippen LogP contribution in [0.1, 0.15) is 5.56 Å². The first-order valence-electron chi connectivity index (χ1n) is 6.25. The lowest BCUT2D eigenvalue weighted by Gasteiger charge is -2.13. The van der Waals surface area contributed by atoms with Crippen molar-refractivity contribution in [1.82, 2.24) is 4.72 Å². The number of urea groups is 1. The first kappa shape index (κ1) is 14.9. The SMILES string of the molecule is C=S(=O)(NC(=O)Nc1ccc(C)cc1)c1ccc(N)cc1. The summed E-state index contributed by atoms with van der Waals surface area (Å²) >= 11 is 0. The largest absolute Gasteiger partial charge is 0.399 e.